The maximum Gasteiger partial charge on any atom is 0.329 e. The van der Waals surface area contributed by atoms with E-state index < -0.39 is 27.6 Å². The number of nitrogens with two attached hydrogens (primary N) is 1. The number of nitrogens with zero attached hydrogens (tertiary/aromatic N) is 1. The molecule has 1 atom stereocenters. The topological polar surface area (TPSA) is 130 Å². The molecule has 9 heteroatoms. The Balaban J connectivity index is 2.59. The number of amides is 2. The Morgan fingerprint density at radius 3 is 2.61 bits per heavy atom. The fraction of sp³-hybridized carbons (Fsp3) is 0.778. The summed E-state index contributed by atoms with van der Waals surface area (Å²) in [6, 6.07) is -0.582. The minimum Gasteiger partial charge on any atom is -0.480 e. The molecule has 104 valence electrons. The zero-order valence-electron chi connectivity index (χ0n) is 10.0. The van der Waals surface area contributed by atoms with Crippen LogP contribution in [0.15, 0.2) is 0 Å². The zero-order valence-corrected chi connectivity index (χ0v) is 10.9. The Kier molecular flexibility index (Phi) is 4.17. The molecule has 0 aromatic carbocycles. The average Bonchev–Trinajstić information content (AvgIpc) is 2.59. The second-order valence-electron chi connectivity index (χ2n) is 4.43. The highest BCUT2D eigenvalue weighted by molar-refractivity contribution is 7.89. The maximum atomic E-state index is 11.8. The van der Waals surface area contributed by atoms with Crippen LogP contribution in [0, 0.1) is 0 Å². The summed E-state index contributed by atoms with van der Waals surface area (Å²) in [5, 5.41) is 16.3. The molecule has 0 saturated carbocycles. The summed E-state index contributed by atoms with van der Waals surface area (Å²) in [5.41, 5.74) is -1.23. The highest BCUT2D eigenvalue weighted by Gasteiger charge is 2.45. The van der Waals surface area contributed by atoms with Gasteiger partial charge in [-0.1, -0.05) is 0 Å². The van der Waals surface area contributed by atoms with Gasteiger partial charge in [0.1, 0.15) is 5.54 Å². The number of hydrogen-bond acceptors (Lipinski definition) is 4. The Morgan fingerprint density at radius 2 is 2.11 bits per heavy atom. The quantitative estimate of drug-likeness (QED) is 0.603. The molecule has 18 heavy (non-hydrogen) atoms. The molecular weight excluding hydrogens is 262 g/mol. The molecule has 1 unspecified atom stereocenters. The predicted molar refractivity (Wildman–Crippen MR) is 63.4 cm³/mol. The van der Waals surface area contributed by atoms with Crippen molar-refractivity contribution in [1.82, 2.24) is 10.2 Å². The lowest BCUT2D eigenvalue weighted by Crippen LogP contribution is -2.54. The third-order valence-electron chi connectivity index (χ3n) is 3.01. The highest BCUT2D eigenvalue weighted by Crippen LogP contribution is 2.28. The van der Waals surface area contributed by atoms with Crippen LogP contribution in [0.2, 0.25) is 0 Å². The van der Waals surface area contributed by atoms with Crippen LogP contribution in [-0.4, -0.2) is 54.8 Å². The number of primary sulfonamides is 1. The number of nitrogens with one attached hydrogen (secondary N) is 1. The SMILES string of the molecule is CC1(C(=O)O)CCCN1C(=O)NCCS(N)(=O)=O. The first-order valence-corrected chi connectivity index (χ1v) is 7.18. The number of urea groups is 1. The van der Waals surface area contributed by atoms with E-state index in [1.807, 2.05) is 0 Å². The standard InChI is InChI=1S/C9H17N3O5S/c1-9(7(13)14)3-2-5-12(9)8(15)11-4-6-18(10,16)17/h2-6H2,1H3,(H,11,15)(H,13,14)(H2,10,16,17). The Morgan fingerprint density at radius 1 is 1.50 bits per heavy atom. The minimum atomic E-state index is -3.64. The number of likely N-dealkylation sites (tertiary alicyclic amines) is 1. The molecule has 4 N–H and O–H groups in total. The third-order valence-corrected chi connectivity index (χ3v) is 3.78. The molecule has 8 nitrogen and oxygen atoms in total. The van der Waals surface area contributed by atoms with Crippen molar-refractivity contribution < 1.29 is 23.1 Å². The van der Waals surface area contributed by atoms with Crippen LogP contribution in [0.1, 0.15) is 19.8 Å². The number of carboxylic acids is 1. The Bertz CT molecular complexity index is 449. The van der Waals surface area contributed by atoms with Gasteiger partial charge < -0.3 is 15.3 Å². The van der Waals surface area contributed by atoms with Crippen molar-refractivity contribution in [2.24, 2.45) is 5.14 Å². The van der Waals surface area contributed by atoms with Gasteiger partial charge in [-0.05, 0) is 19.8 Å². The van der Waals surface area contributed by atoms with E-state index >= 15 is 0 Å². The summed E-state index contributed by atoms with van der Waals surface area (Å²) in [6.07, 6.45) is 0.982. The van der Waals surface area contributed by atoms with Crippen LogP contribution >= 0.6 is 0 Å². The minimum absolute atomic E-state index is 0.135. The number of carbonyl (C=O) groups is 2. The molecule has 1 rings (SSSR count). The van der Waals surface area contributed by atoms with Crippen LogP contribution in [0.25, 0.3) is 0 Å². The zero-order chi connectivity index (χ0) is 14.0. The summed E-state index contributed by atoms with van der Waals surface area (Å²) in [6.45, 7) is 1.68. The molecule has 0 aromatic rings. The van der Waals surface area contributed by atoms with Crippen LogP contribution in [-0.2, 0) is 14.8 Å². The molecule has 1 fully saturated rings. The first kappa shape index (κ1) is 14.7. The normalized spacial score (nSPS) is 24.0. The molecule has 1 aliphatic rings. The van der Waals surface area contributed by atoms with Crippen molar-refractivity contribution in [3.05, 3.63) is 0 Å². The van der Waals surface area contributed by atoms with E-state index in [1.165, 1.54) is 11.8 Å². The molecule has 1 aliphatic heterocycles. The van der Waals surface area contributed by atoms with Crippen molar-refractivity contribution >= 4 is 22.0 Å². The van der Waals surface area contributed by atoms with Crippen LogP contribution in [0.5, 0.6) is 0 Å². The van der Waals surface area contributed by atoms with Gasteiger partial charge in [0.05, 0.1) is 5.75 Å². The first-order chi connectivity index (χ1) is 8.17. The number of hydrogen-bond donors (Lipinski definition) is 3. The molecular formula is C9H17N3O5S. The number of carbonyl (C=O) groups excluding carboxylic acids is 1. The van der Waals surface area contributed by atoms with Crippen molar-refractivity contribution in [2.45, 2.75) is 25.3 Å². The van der Waals surface area contributed by atoms with Gasteiger partial charge in [-0.25, -0.2) is 23.1 Å². The molecule has 0 radical (unpaired) electrons. The number of aliphatic carboxylic acids is 1. The fourth-order valence-corrected chi connectivity index (χ4v) is 2.29. The summed E-state index contributed by atoms with van der Waals surface area (Å²) < 4.78 is 21.4. The molecule has 0 aromatic heterocycles. The van der Waals surface area contributed by atoms with E-state index in [9.17, 15) is 18.0 Å². The number of rotatable bonds is 4. The maximum absolute atomic E-state index is 11.8. The molecule has 1 saturated heterocycles. The molecule has 2 amide bonds. The van der Waals surface area contributed by atoms with E-state index in [2.05, 4.69) is 5.32 Å². The van der Waals surface area contributed by atoms with Gasteiger partial charge in [-0.3, -0.25) is 0 Å². The smallest absolute Gasteiger partial charge is 0.329 e. The molecule has 0 bridgehead atoms. The molecule has 0 aliphatic carbocycles. The first-order valence-electron chi connectivity index (χ1n) is 5.46. The van der Waals surface area contributed by atoms with Gasteiger partial charge in [-0.15, -0.1) is 0 Å². The Labute approximate surface area is 105 Å². The molecule has 1 heterocycles. The van der Waals surface area contributed by atoms with Crippen molar-refractivity contribution in [2.75, 3.05) is 18.8 Å². The lowest BCUT2D eigenvalue weighted by atomic mass is 10.00. The highest BCUT2D eigenvalue weighted by atomic mass is 32.2. The average molecular weight is 279 g/mol. The summed E-state index contributed by atoms with van der Waals surface area (Å²) in [4.78, 5) is 24.1. The molecule has 0 spiro atoms. The number of carboxylic acid groups (broad SMARTS) is 1. The van der Waals surface area contributed by atoms with Crippen LogP contribution in [0.4, 0.5) is 4.79 Å². The van der Waals surface area contributed by atoms with Gasteiger partial charge in [0, 0.05) is 13.1 Å². The lowest BCUT2D eigenvalue weighted by Gasteiger charge is -2.31. The van der Waals surface area contributed by atoms with E-state index in [-0.39, 0.29) is 12.3 Å². The van der Waals surface area contributed by atoms with Crippen molar-refractivity contribution in [3.63, 3.8) is 0 Å². The second-order valence-corrected chi connectivity index (χ2v) is 6.17. The van der Waals surface area contributed by atoms with Gasteiger partial charge in [0.2, 0.25) is 10.0 Å². The van der Waals surface area contributed by atoms with E-state index in [0.29, 0.717) is 19.4 Å². The van der Waals surface area contributed by atoms with Crippen molar-refractivity contribution in [1.29, 1.82) is 0 Å². The van der Waals surface area contributed by atoms with Gasteiger partial charge in [0.15, 0.2) is 0 Å². The summed E-state index contributed by atoms with van der Waals surface area (Å²) >= 11 is 0. The summed E-state index contributed by atoms with van der Waals surface area (Å²) in [5.74, 6) is -1.45. The van der Waals surface area contributed by atoms with Crippen LogP contribution < -0.4 is 10.5 Å². The number of sulfonamides is 1. The van der Waals surface area contributed by atoms with Gasteiger partial charge >= 0.3 is 12.0 Å². The lowest BCUT2D eigenvalue weighted by molar-refractivity contribution is -0.147. The largest absolute Gasteiger partial charge is 0.480 e. The predicted octanol–water partition coefficient (Wildman–Crippen LogP) is -1.08. The van der Waals surface area contributed by atoms with Gasteiger partial charge in [-0.2, -0.15) is 0 Å². The third kappa shape index (κ3) is 3.33. The van der Waals surface area contributed by atoms with E-state index in [0.717, 1.165) is 0 Å². The van der Waals surface area contributed by atoms with Crippen LogP contribution in [0.3, 0.4) is 0 Å². The Hall–Kier alpha value is -1.35. The second kappa shape index (κ2) is 5.11. The van der Waals surface area contributed by atoms with Gasteiger partial charge in [0.25, 0.3) is 0 Å². The fourth-order valence-electron chi connectivity index (χ4n) is 1.91. The monoisotopic (exact) mass is 279 g/mol. The summed E-state index contributed by atoms with van der Waals surface area (Å²) in [7, 11) is -3.64. The van der Waals surface area contributed by atoms with E-state index in [1.54, 1.807) is 0 Å². The van der Waals surface area contributed by atoms with E-state index in [4.69, 9.17) is 10.2 Å². The van der Waals surface area contributed by atoms with Crippen molar-refractivity contribution in [3.8, 4) is 0 Å².